The van der Waals surface area contributed by atoms with E-state index in [9.17, 15) is 14.7 Å². The fraction of sp³-hybridized carbons (Fsp3) is 0.385. The summed E-state index contributed by atoms with van der Waals surface area (Å²) in [5.41, 5.74) is 3.12. The molecule has 0 fully saturated rings. The molecule has 0 spiro atoms. The van der Waals surface area contributed by atoms with E-state index >= 15 is 0 Å². The standard InChI is InChI=1S/C13H17NO3/c1-8-4-5-11(6-9(8)2)7-12(13(16)17)14-10(3)15/h4-6,12H,7H2,1-3H3,(H,14,15)(H,16,17)/p-1/t12-/m1/s1. The first-order chi connectivity index (χ1) is 7.90. The third-order valence-corrected chi connectivity index (χ3v) is 2.67. The second-order valence-electron chi connectivity index (χ2n) is 4.19. The molecule has 4 heteroatoms. The van der Waals surface area contributed by atoms with Crippen LogP contribution in [0.25, 0.3) is 0 Å². The molecule has 1 rings (SSSR count). The molecule has 0 unspecified atom stereocenters. The molecular weight excluding hydrogens is 218 g/mol. The van der Waals surface area contributed by atoms with Gasteiger partial charge in [0.15, 0.2) is 0 Å². The molecule has 1 amide bonds. The Labute approximate surface area is 101 Å². The molecule has 1 atom stereocenters. The average molecular weight is 234 g/mol. The number of benzene rings is 1. The van der Waals surface area contributed by atoms with Crippen molar-refractivity contribution < 1.29 is 14.7 Å². The smallest absolute Gasteiger partial charge is 0.217 e. The summed E-state index contributed by atoms with van der Waals surface area (Å²) in [4.78, 5) is 21.7. The van der Waals surface area contributed by atoms with E-state index in [1.807, 2.05) is 32.0 Å². The molecule has 0 saturated carbocycles. The largest absolute Gasteiger partial charge is 0.548 e. The van der Waals surface area contributed by atoms with Gasteiger partial charge in [0.1, 0.15) is 0 Å². The van der Waals surface area contributed by atoms with Crippen LogP contribution in [-0.4, -0.2) is 17.9 Å². The number of aliphatic carboxylic acids is 1. The lowest BCUT2D eigenvalue weighted by Gasteiger charge is -2.19. The van der Waals surface area contributed by atoms with E-state index in [4.69, 9.17) is 0 Å². The van der Waals surface area contributed by atoms with E-state index in [0.717, 1.165) is 16.7 Å². The van der Waals surface area contributed by atoms with Crippen molar-refractivity contribution in [3.05, 3.63) is 34.9 Å². The summed E-state index contributed by atoms with van der Waals surface area (Å²) in [6.45, 7) is 5.24. The van der Waals surface area contributed by atoms with Crippen molar-refractivity contribution in [3.8, 4) is 0 Å². The number of nitrogens with one attached hydrogen (secondary N) is 1. The number of aryl methyl sites for hydroxylation is 2. The predicted octanol–water partition coefficient (Wildman–Crippen LogP) is 0.101. The van der Waals surface area contributed by atoms with Crippen LogP contribution in [0.4, 0.5) is 0 Å². The van der Waals surface area contributed by atoms with Gasteiger partial charge in [-0.05, 0) is 37.0 Å². The quantitative estimate of drug-likeness (QED) is 0.803. The second-order valence-corrected chi connectivity index (χ2v) is 4.19. The third kappa shape index (κ3) is 3.90. The Balaban J connectivity index is 2.82. The van der Waals surface area contributed by atoms with Crippen molar-refractivity contribution in [2.75, 3.05) is 0 Å². The molecule has 1 aromatic carbocycles. The van der Waals surface area contributed by atoms with Crippen molar-refractivity contribution in [3.63, 3.8) is 0 Å². The van der Waals surface area contributed by atoms with Gasteiger partial charge < -0.3 is 15.2 Å². The summed E-state index contributed by atoms with van der Waals surface area (Å²) in [6, 6.07) is 4.74. The molecule has 17 heavy (non-hydrogen) atoms. The first-order valence-corrected chi connectivity index (χ1v) is 5.44. The fourth-order valence-electron chi connectivity index (χ4n) is 1.60. The summed E-state index contributed by atoms with van der Waals surface area (Å²) >= 11 is 0. The lowest BCUT2D eigenvalue weighted by Crippen LogP contribution is -2.48. The molecule has 0 aromatic heterocycles. The van der Waals surface area contributed by atoms with Gasteiger partial charge in [-0.25, -0.2) is 0 Å². The van der Waals surface area contributed by atoms with E-state index in [-0.39, 0.29) is 12.3 Å². The monoisotopic (exact) mass is 234 g/mol. The van der Waals surface area contributed by atoms with Gasteiger partial charge in [0.25, 0.3) is 0 Å². The van der Waals surface area contributed by atoms with Crippen LogP contribution in [0.15, 0.2) is 18.2 Å². The van der Waals surface area contributed by atoms with Crippen molar-refractivity contribution in [1.29, 1.82) is 0 Å². The molecule has 0 aliphatic rings. The number of hydrogen-bond donors (Lipinski definition) is 1. The van der Waals surface area contributed by atoms with Crippen molar-refractivity contribution >= 4 is 11.9 Å². The van der Waals surface area contributed by atoms with Gasteiger partial charge in [0.05, 0.1) is 12.0 Å². The first kappa shape index (κ1) is 13.2. The fourth-order valence-corrected chi connectivity index (χ4v) is 1.60. The Bertz CT molecular complexity index is 440. The molecule has 92 valence electrons. The lowest BCUT2D eigenvalue weighted by atomic mass is 10.0. The van der Waals surface area contributed by atoms with Crippen LogP contribution in [0.5, 0.6) is 0 Å². The molecule has 0 radical (unpaired) electrons. The third-order valence-electron chi connectivity index (χ3n) is 2.67. The number of rotatable bonds is 4. The Morgan fingerprint density at radius 2 is 1.94 bits per heavy atom. The summed E-state index contributed by atoms with van der Waals surface area (Å²) < 4.78 is 0. The van der Waals surface area contributed by atoms with Gasteiger partial charge in [-0.2, -0.15) is 0 Å². The summed E-state index contributed by atoms with van der Waals surface area (Å²) in [5.74, 6) is -1.64. The summed E-state index contributed by atoms with van der Waals surface area (Å²) in [7, 11) is 0. The van der Waals surface area contributed by atoms with Crippen molar-refractivity contribution in [2.45, 2.75) is 33.2 Å². The van der Waals surface area contributed by atoms with Crippen LogP contribution in [0, 0.1) is 13.8 Å². The van der Waals surface area contributed by atoms with Crippen molar-refractivity contribution in [1.82, 2.24) is 5.32 Å². The van der Waals surface area contributed by atoms with Crippen LogP contribution in [0.2, 0.25) is 0 Å². The summed E-state index contributed by atoms with van der Waals surface area (Å²) in [6.07, 6.45) is 0.239. The SMILES string of the molecule is CC(=O)N[C@H](Cc1ccc(C)c(C)c1)C(=O)[O-]. The first-order valence-electron chi connectivity index (χ1n) is 5.44. The maximum atomic E-state index is 10.9. The Morgan fingerprint density at radius 3 is 2.41 bits per heavy atom. The highest BCUT2D eigenvalue weighted by Crippen LogP contribution is 2.11. The molecule has 1 aromatic rings. The minimum atomic E-state index is -1.27. The van der Waals surface area contributed by atoms with Crippen molar-refractivity contribution in [2.24, 2.45) is 0 Å². The molecule has 4 nitrogen and oxygen atoms in total. The molecule has 0 saturated heterocycles. The number of carboxylic acid groups (broad SMARTS) is 1. The number of hydrogen-bond acceptors (Lipinski definition) is 3. The zero-order chi connectivity index (χ0) is 13.0. The van der Waals surface area contributed by atoms with Gasteiger partial charge >= 0.3 is 0 Å². The maximum Gasteiger partial charge on any atom is 0.217 e. The minimum Gasteiger partial charge on any atom is -0.548 e. The van der Waals surface area contributed by atoms with Gasteiger partial charge in [0, 0.05) is 6.92 Å². The number of amides is 1. The van der Waals surface area contributed by atoms with Crippen LogP contribution in [-0.2, 0) is 16.0 Å². The van der Waals surface area contributed by atoms with Crippen LogP contribution >= 0.6 is 0 Å². The van der Waals surface area contributed by atoms with Gasteiger partial charge in [-0.3, -0.25) is 4.79 Å². The minimum absolute atomic E-state index is 0.239. The van der Waals surface area contributed by atoms with Crippen LogP contribution in [0.3, 0.4) is 0 Å². The van der Waals surface area contributed by atoms with E-state index in [1.165, 1.54) is 6.92 Å². The Hall–Kier alpha value is -1.84. The van der Waals surface area contributed by atoms with Gasteiger partial charge in [0.2, 0.25) is 5.91 Å². The lowest BCUT2D eigenvalue weighted by molar-refractivity contribution is -0.308. The zero-order valence-corrected chi connectivity index (χ0v) is 10.2. The molecule has 0 bridgehead atoms. The number of carbonyl (C=O) groups excluding carboxylic acids is 2. The highest BCUT2D eigenvalue weighted by molar-refractivity contribution is 5.81. The zero-order valence-electron chi connectivity index (χ0n) is 10.2. The normalized spacial score (nSPS) is 11.9. The van der Waals surface area contributed by atoms with Gasteiger partial charge in [-0.1, -0.05) is 18.2 Å². The molecule has 1 N–H and O–H groups in total. The summed E-state index contributed by atoms with van der Waals surface area (Å²) in [5, 5.41) is 13.2. The number of carboxylic acids is 1. The molecular formula is C13H16NO3-. The van der Waals surface area contributed by atoms with E-state index in [0.29, 0.717) is 0 Å². The second kappa shape index (κ2) is 5.48. The Morgan fingerprint density at radius 1 is 1.29 bits per heavy atom. The van der Waals surface area contributed by atoms with E-state index in [2.05, 4.69) is 5.32 Å². The highest BCUT2D eigenvalue weighted by Gasteiger charge is 2.12. The Kier molecular flexibility index (Phi) is 4.26. The van der Waals surface area contributed by atoms with E-state index < -0.39 is 12.0 Å². The van der Waals surface area contributed by atoms with Crippen LogP contribution < -0.4 is 10.4 Å². The van der Waals surface area contributed by atoms with Crippen LogP contribution in [0.1, 0.15) is 23.6 Å². The predicted molar refractivity (Wildman–Crippen MR) is 62.2 cm³/mol. The number of carbonyl (C=O) groups is 2. The maximum absolute atomic E-state index is 10.9. The molecule has 0 aliphatic carbocycles. The van der Waals surface area contributed by atoms with Gasteiger partial charge in [-0.15, -0.1) is 0 Å². The van der Waals surface area contributed by atoms with E-state index in [1.54, 1.807) is 0 Å². The topological polar surface area (TPSA) is 69.2 Å². The average Bonchev–Trinajstić information content (AvgIpc) is 2.21. The molecule has 0 aliphatic heterocycles. The molecule has 0 heterocycles. The highest BCUT2D eigenvalue weighted by atomic mass is 16.4.